The van der Waals surface area contributed by atoms with Crippen LogP contribution >= 0.6 is 0 Å². The number of nitrogens with zero attached hydrogens (tertiary/aromatic N) is 3. The minimum atomic E-state index is 0.0500. The Morgan fingerprint density at radius 1 is 0.867 bits per heavy atom. The van der Waals surface area contributed by atoms with Crippen molar-refractivity contribution < 1.29 is 9.59 Å². The van der Waals surface area contributed by atoms with Gasteiger partial charge in [-0.1, -0.05) is 62.4 Å². The molecule has 0 saturated carbocycles. The van der Waals surface area contributed by atoms with Gasteiger partial charge in [-0.2, -0.15) is 0 Å². The van der Waals surface area contributed by atoms with E-state index in [2.05, 4.69) is 36.6 Å². The zero-order valence-corrected chi connectivity index (χ0v) is 17.8. The second kappa shape index (κ2) is 8.74. The van der Waals surface area contributed by atoms with Crippen molar-refractivity contribution >= 4 is 22.7 Å². The average molecular weight is 404 g/mol. The van der Waals surface area contributed by atoms with E-state index in [1.54, 1.807) is 0 Å². The van der Waals surface area contributed by atoms with Crippen LogP contribution in [0.5, 0.6) is 0 Å². The van der Waals surface area contributed by atoms with E-state index in [0.29, 0.717) is 38.5 Å². The summed E-state index contributed by atoms with van der Waals surface area (Å²) < 4.78 is 2.15. The lowest BCUT2D eigenvalue weighted by molar-refractivity contribution is -0.133. The second-order valence-corrected chi connectivity index (χ2v) is 8.44. The molecule has 5 heteroatoms. The fourth-order valence-electron chi connectivity index (χ4n) is 4.14. The smallest absolute Gasteiger partial charge is 0.256 e. The quantitative estimate of drug-likeness (QED) is 0.646. The Labute approximate surface area is 177 Å². The average Bonchev–Trinajstić information content (AvgIpc) is 3.12. The summed E-state index contributed by atoms with van der Waals surface area (Å²) in [4.78, 5) is 29.4. The van der Waals surface area contributed by atoms with Crippen LogP contribution in [0.2, 0.25) is 0 Å². The molecular formula is C25H29N3O2. The zero-order valence-electron chi connectivity index (χ0n) is 17.8. The van der Waals surface area contributed by atoms with Gasteiger partial charge in [0, 0.05) is 56.2 Å². The van der Waals surface area contributed by atoms with Crippen LogP contribution in [0.4, 0.5) is 0 Å². The molecule has 30 heavy (non-hydrogen) atoms. The van der Waals surface area contributed by atoms with E-state index in [1.807, 2.05) is 52.4 Å². The van der Waals surface area contributed by atoms with Gasteiger partial charge in [-0.15, -0.1) is 0 Å². The molecule has 1 aliphatic rings. The van der Waals surface area contributed by atoms with E-state index in [4.69, 9.17) is 0 Å². The van der Waals surface area contributed by atoms with Gasteiger partial charge in [0.05, 0.1) is 5.56 Å². The number of aromatic nitrogens is 1. The molecule has 0 bridgehead atoms. The first-order valence-electron chi connectivity index (χ1n) is 10.7. The summed E-state index contributed by atoms with van der Waals surface area (Å²) >= 11 is 0. The first kappa shape index (κ1) is 20.2. The van der Waals surface area contributed by atoms with Crippen LogP contribution in [0.15, 0.2) is 60.8 Å². The summed E-state index contributed by atoms with van der Waals surface area (Å²) in [5.41, 5.74) is 3.01. The molecular weight excluding hydrogens is 374 g/mol. The Bertz CT molecular complexity index is 1030. The first-order chi connectivity index (χ1) is 14.5. The Morgan fingerprint density at radius 3 is 2.20 bits per heavy atom. The van der Waals surface area contributed by atoms with Gasteiger partial charge in [0.2, 0.25) is 5.91 Å². The van der Waals surface area contributed by atoms with Crippen LogP contribution in [0.1, 0.15) is 36.2 Å². The number of hydrogen-bond donors (Lipinski definition) is 0. The number of rotatable bonds is 5. The van der Waals surface area contributed by atoms with Gasteiger partial charge in [-0.25, -0.2) is 0 Å². The molecule has 1 aromatic heterocycles. The van der Waals surface area contributed by atoms with Crippen molar-refractivity contribution in [3.63, 3.8) is 0 Å². The maximum absolute atomic E-state index is 13.3. The van der Waals surface area contributed by atoms with Gasteiger partial charge in [0.15, 0.2) is 0 Å². The molecule has 0 atom stereocenters. The highest BCUT2D eigenvalue weighted by Crippen LogP contribution is 2.24. The Hall–Kier alpha value is -3.08. The predicted octanol–water partition coefficient (Wildman–Crippen LogP) is 4.02. The van der Waals surface area contributed by atoms with Gasteiger partial charge >= 0.3 is 0 Å². The van der Waals surface area contributed by atoms with Crippen LogP contribution in [0.25, 0.3) is 10.9 Å². The van der Waals surface area contributed by atoms with Crippen molar-refractivity contribution in [1.29, 1.82) is 0 Å². The Kier molecular flexibility index (Phi) is 5.88. The molecule has 4 rings (SSSR count). The topological polar surface area (TPSA) is 45.6 Å². The largest absolute Gasteiger partial charge is 0.342 e. The standard InChI is InChI=1S/C25H29N3O2/c1-19(2)16-24(29)26-12-14-27(15-13-26)25(30)22-18-28(17-20-8-4-3-5-9-20)23-11-7-6-10-21(22)23/h3-11,18-19H,12-17H2,1-2H3. The molecule has 156 valence electrons. The summed E-state index contributed by atoms with van der Waals surface area (Å²) in [6.07, 6.45) is 2.55. The Morgan fingerprint density at radius 2 is 1.50 bits per heavy atom. The van der Waals surface area contributed by atoms with Crippen molar-refractivity contribution in [3.05, 3.63) is 71.9 Å². The highest BCUT2D eigenvalue weighted by Gasteiger charge is 2.27. The van der Waals surface area contributed by atoms with Crippen LogP contribution in [0, 0.1) is 5.92 Å². The summed E-state index contributed by atoms with van der Waals surface area (Å²) in [6, 6.07) is 18.4. The summed E-state index contributed by atoms with van der Waals surface area (Å²) in [6.45, 7) is 7.24. The lowest BCUT2D eigenvalue weighted by atomic mass is 10.1. The van der Waals surface area contributed by atoms with Crippen molar-refractivity contribution in [3.8, 4) is 0 Å². The third-order valence-electron chi connectivity index (χ3n) is 5.72. The number of para-hydroxylation sites is 1. The van der Waals surface area contributed by atoms with Crippen molar-refractivity contribution in [1.82, 2.24) is 14.4 Å². The maximum atomic E-state index is 13.3. The summed E-state index contributed by atoms with van der Waals surface area (Å²) in [7, 11) is 0. The highest BCUT2D eigenvalue weighted by molar-refractivity contribution is 6.07. The van der Waals surface area contributed by atoms with E-state index < -0.39 is 0 Å². The molecule has 1 fully saturated rings. The summed E-state index contributed by atoms with van der Waals surface area (Å²) in [5, 5.41) is 0.983. The molecule has 0 aliphatic carbocycles. The molecule has 0 unspecified atom stereocenters. The molecule has 3 aromatic rings. The first-order valence-corrected chi connectivity index (χ1v) is 10.7. The minimum Gasteiger partial charge on any atom is -0.342 e. The van der Waals surface area contributed by atoms with Crippen LogP contribution in [-0.4, -0.2) is 52.4 Å². The minimum absolute atomic E-state index is 0.0500. The number of amides is 2. The van der Waals surface area contributed by atoms with Gasteiger partial charge in [0.1, 0.15) is 0 Å². The van der Waals surface area contributed by atoms with E-state index in [9.17, 15) is 9.59 Å². The van der Waals surface area contributed by atoms with Crippen molar-refractivity contribution in [2.75, 3.05) is 26.2 Å². The number of carbonyl (C=O) groups excluding carboxylic acids is 2. The monoisotopic (exact) mass is 403 g/mol. The third-order valence-corrected chi connectivity index (χ3v) is 5.72. The van der Waals surface area contributed by atoms with E-state index >= 15 is 0 Å². The molecule has 0 radical (unpaired) electrons. The molecule has 5 nitrogen and oxygen atoms in total. The maximum Gasteiger partial charge on any atom is 0.256 e. The normalized spacial score (nSPS) is 14.5. The fourth-order valence-corrected chi connectivity index (χ4v) is 4.14. The number of fused-ring (bicyclic) bond motifs is 1. The number of piperazine rings is 1. The lowest BCUT2D eigenvalue weighted by Gasteiger charge is -2.35. The molecule has 1 saturated heterocycles. The SMILES string of the molecule is CC(C)CC(=O)N1CCN(C(=O)c2cn(Cc3ccccc3)c3ccccc23)CC1. The highest BCUT2D eigenvalue weighted by atomic mass is 16.2. The van der Waals surface area contributed by atoms with E-state index in [0.717, 1.165) is 23.0 Å². The number of benzene rings is 2. The zero-order chi connectivity index (χ0) is 21.1. The molecule has 0 N–H and O–H groups in total. The third kappa shape index (κ3) is 4.25. The van der Waals surface area contributed by atoms with Gasteiger partial charge < -0.3 is 14.4 Å². The molecule has 2 aromatic carbocycles. The number of hydrogen-bond acceptors (Lipinski definition) is 2. The van der Waals surface area contributed by atoms with Gasteiger partial charge in [-0.05, 0) is 17.5 Å². The predicted molar refractivity (Wildman–Crippen MR) is 119 cm³/mol. The second-order valence-electron chi connectivity index (χ2n) is 8.44. The van der Waals surface area contributed by atoms with Gasteiger partial charge in [0.25, 0.3) is 5.91 Å². The van der Waals surface area contributed by atoms with Crippen LogP contribution in [0.3, 0.4) is 0 Å². The lowest BCUT2D eigenvalue weighted by Crippen LogP contribution is -2.50. The molecule has 0 spiro atoms. The molecule has 2 heterocycles. The molecule has 2 amide bonds. The molecule has 1 aliphatic heterocycles. The Balaban J connectivity index is 1.52. The van der Waals surface area contributed by atoms with Gasteiger partial charge in [-0.3, -0.25) is 9.59 Å². The van der Waals surface area contributed by atoms with Crippen LogP contribution < -0.4 is 0 Å². The fraction of sp³-hybridized carbons (Fsp3) is 0.360. The van der Waals surface area contributed by atoms with Crippen molar-refractivity contribution in [2.24, 2.45) is 5.92 Å². The van der Waals surface area contributed by atoms with Crippen molar-refractivity contribution in [2.45, 2.75) is 26.8 Å². The van der Waals surface area contributed by atoms with E-state index in [1.165, 1.54) is 5.56 Å². The summed E-state index contributed by atoms with van der Waals surface area (Å²) in [5.74, 6) is 0.596. The van der Waals surface area contributed by atoms with Crippen LogP contribution in [-0.2, 0) is 11.3 Å². The van der Waals surface area contributed by atoms with E-state index in [-0.39, 0.29) is 11.8 Å². The number of carbonyl (C=O) groups is 2.